The van der Waals surface area contributed by atoms with E-state index >= 15 is 0 Å². The van der Waals surface area contributed by atoms with Crippen molar-refractivity contribution in [2.24, 2.45) is 0 Å². The van der Waals surface area contributed by atoms with E-state index < -0.39 is 12.0 Å². The molecule has 2 rings (SSSR count). The molecule has 1 aromatic heterocycles. The van der Waals surface area contributed by atoms with Gasteiger partial charge in [0.05, 0.1) is 18.4 Å². The maximum absolute atomic E-state index is 11.9. The normalized spacial score (nSPS) is 12.1. The number of phenolic OH excluding ortho intramolecular Hbond substituents is 1. The van der Waals surface area contributed by atoms with E-state index in [1.807, 2.05) is 0 Å². The summed E-state index contributed by atoms with van der Waals surface area (Å²) < 4.78 is 5.03. The molecule has 100 valence electrons. The summed E-state index contributed by atoms with van der Waals surface area (Å²) in [6.07, 6.45) is 0.540. The number of aliphatic hydroxyl groups is 1. The molecule has 5 heteroatoms. The van der Waals surface area contributed by atoms with Gasteiger partial charge in [0.2, 0.25) is 0 Å². The molecule has 1 atom stereocenters. The summed E-state index contributed by atoms with van der Waals surface area (Å²) >= 11 is 0. The van der Waals surface area contributed by atoms with Gasteiger partial charge in [0, 0.05) is 0 Å². The molecule has 2 aromatic rings. The van der Waals surface area contributed by atoms with Crippen molar-refractivity contribution in [2.75, 3.05) is 6.54 Å². The largest absolute Gasteiger partial charge is 0.507 e. The first-order chi connectivity index (χ1) is 9.09. The second-order valence-electron chi connectivity index (χ2n) is 4.21. The summed E-state index contributed by atoms with van der Waals surface area (Å²) in [7, 11) is 0. The number of hydrogen-bond donors (Lipinski definition) is 3. The molecular weight excluding hydrogens is 246 g/mol. The van der Waals surface area contributed by atoms with E-state index in [2.05, 4.69) is 5.32 Å². The smallest absolute Gasteiger partial charge is 0.255 e. The molecule has 1 amide bonds. The van der Waals surface area contributed by atoms with Crippen molar-refractivity contribution in [3.8, 4) is 5.75 Å². The minimum absolute atomic E-state index is 0.0136. The lowest BCUT2D eigenvalue weighted by Crippen LogP contribution is -2.28. The molecule has 19 heavy (non-hydrogen) atoms. The number of furan rings is 1. The zero-order valence-electron chi connectivity index (χ0n) is 10.5. The van der Waals surface area contributed by atoms with Gasteiger partial charge in [0.1, 0.15) is 17.6 Å². The maximum atomic E-state index is 11.9. The molecule has 0 bridgehead atoms. The van der Waals surface area contributed by atoms with E-state index in [1.165, 1.54) is 12.3 Å². The number of amides is 1. The maximum Gasteiger partial charge on any atom is 0.255 e. The SMILES string of the molecule is Cc1cccc(C(=O)NCC(O)c2ccco2)c1O. The zero-order chi connectivity index (χ0) is 13.8. The molecule has 5 nitrogen and oxygen atoms in total. The fourth-order valence-electron chi connectivity index (χ4n) is 1.71. The van der Waals surface area contributed by atoms with Crippen LogP contribution in [0.15, 0.2) is 41.0 Å². The van der Waals surface area contributed by atoms with Gasteiger partial charge in [-0.15, -0.1) is 0 Å². The summed E-state index contributed by atoms with van der Waals surface area (Å²) in [6, 6.07) is 8.21. The quantitative estimate of drug-likeness (QED) is 0.783. The molecule has 0 aliphatic rings. The monoisotopic (exact) mass is 261 g/mol. The lowest BCUT2D eigenvalue weighted by Gasteiger charge is -2.11. The number of aromatic hydroxyl groups is 1. The molecule has 0 aliphatic carbocycles. The van der Waals surface area contributed by atoms with Crippen molar-refractivity contribution >= 4 is 5.91 Å². The third-order valence-electron chi connectivity index (χ3n) is 2.81. The highest BCUT2D eigenvalue weighted by Gasteiger charge is 2.15. The fraction of sp³-hybridized carbons (Fsp3) is 0.214. The number of rotatable bonds is 4. The van der Waals surface area contributed by atoms with Gasteiger partial charge in [-0.2, -0.15) is 0 Å². The topological polar surface area (TPSA) is 82.7 Å². The van der Waals surface area contributed by atoms with Gasteiger partial charge < -0.3 is 19.9 Å². The molecule has 3 N–H and O–H groups in total. The van der Waals surface area contributed by atoms with Gasteiger partial charge in [-0.25, -0.2) is 0 Å². The van der Waals surface area contributed by atoms with Gasteiger partial charge >= 0.3 is 0 Å². The zero-order valence-corrected chi connectivity index (χ0v) is 10.5. The highest BCUT2D eigenvalue weighted by atomic mass is 16.4. The summed E-state index contributed by atoms with van der Waals surface area (Å²) in [6.45, 7) is 1.73. The molecule has 0 saturated heterocycles. The standard InChI is InChI=1S/C14H15NO4/c1-9-4-2-5-10(13(9)17)14(18)15-8-11(16)12-6-3-7-19-12/h2-7,11,16-17H,8H2,1H3,(H,15,18). The molecule has 0 spiro atoms. The van der Waals surface area contributed by atoms with Gasteiger partial charge in [-0.3, -0.25) is 4.79 Å². The predicted octanol–water partition coefficient (Wildman–Crippen LogP) is 1.76. The van der Waals surface area contributed by atoms with Gasteiger partial charge in [0.25, 0.3) is 5.91 Å². The molecule has 0 fully saturated rings. The van der Waals surface area contributed by atoms with Gasteiger partial charge in [-0.05, 0) is 30.7 Å². The third kappa shape index (κ3) is 2.95. The highest BCUT2D eigenvalue weighted by Crippen LogP contribution is 2.21. The Balaban J connectivity index is 2.00. The minimum Gasteiger partial charge on any atom is -0.507 e. The van der Waals surface area contributed by atoms with Crippen molar-refractivity contribution < 1.29 is 19.4 Å². The Morgan fingerprint density at radius 1 is 1.37 bits per heavy atom. The first kappa shape index (κ1) is 13.2. The lowest BCUT2D eigenvalue weighted by molar-refractivity contribution is 0.0898. The molecule has 1 unspecified atom stereocenters. The third-order valence-corrected chi connectivity index (χ3v) is 2.81. The first-order valence-corrected chi connectivity index (χ1v) is 5.88. The Kier molecular flexibility index (Phi) is 3.87. The van der Waals surface area contributed by atoms with Crippen molar-refractivity contribution in [1.82, 2.24) is 5.32 Å². The van der Waals surface area contributed by atoms with Crippen LogP contribution >= 0.6 is 0 Å². The lowest BCUT2D eigenvalue weighted by atomic mass is 10.1. The van der Waals surface area contributed by atoms with E-state index in [9.17, 15) is 15.0 Å². The number of aliphatic hydroxyl groups excluding tert-OH is 1. The van der Waals surface area contributed by atoms with E-state index in [0.717, 1.165) is 0 Å². The Bertz CT molecular complexity index is 563. The molecular formula is C14H15NO4. The summed E-state index contributed by atoms with van der Waals surface area (Å²) in [5, 5.41) is 22.1. The summed E-state index contributed by atoms with van der Waals surface area (Å²) in [5.41, 5.74) is 0.811. The number of carbonyl (C=O) groups excluding carboxylic acids is 1. The molecule has 1 heterocycles. The van der Waals surface area contributed by atoms with E-state index in [0.29, 0.717) is 11.3 Å². The highest BCUT2D eigenvalue weighted by molar-refractivity contribution is 5.97. The van der Waals surface area contributed by atoms with Crippen LogP contribution in [0.2, 0.25) is 0 Å². The Hall–Kier alpha value is -2.27. The number of para-hydroxylation sites is 1. The number of hydrogen-bond acceptors (Lipinski definition) is 4. The van der Waals surface area contributed by atoms with Crippen LogP contribution in [0.3, 0.4) is 0 Å². The van der Waals surface area contributed by atoms with E-state index in [4.69, 9.17) is 4.42 Å². The minimum atomic E-state index is -0.911. The number of carbonyl (C=O) groups is 1. The molecule has 0 radical (unpaired) electrons. The fourth-order valence-corrected chi connectivity index (χ4v) is 1.71. The number of nitrogens with one attached hydrogen (secondary N) is 1. The average molecular weight is 261 g/mol. The van der Waals surface area contributed by atoms with Crippen LogP contribution in [0.5, 0.6) is 5.75 Å². The Labute approximate surface area is 110 Å². The van der Waals surface area contributed by atoms with Gasteiger partial charge in [0.15, 0.2) is 0 Å². The van der Waals surface area contributed by atoms with Crippen LogP contribution in [0.4, 0.5) is 0 Å². The van der Waals surface area contributed by atoms with Gasteiger partial charge in [-0.1, -0.05) is 12.1 Å². The first-order valence-electron chi connectivity index (χ1n) is 5.88. The van der Waals surface area contributed by atoms with E-state index in [-0.39, 0.29) is 17.9 Å². The molecule has 1 aromatic carbocycles. The summed E-state index contributed by atoms with van der Waals surface area (Å²) in [5.74, 6) is -0.104. The van der Waals surface area contributed by atoms with Crippen LogP contribution in [0.25, 0.3) is 0 Å². The second-order valence-corrected chi connectivity index (χ2v) is 4.21. The van der Waals surface area contributed by atoms with Crippen molar-refractivity contribution in [2.45, 2.75) is 13.0 Å². The van der Waals surface area contributed by atoms with Crippen LogP contribution in [-0.2, 0) is 0 Å². The number of phenols is 1. The van der Waals surface area contributed by atoms with Crippen LogP contribution < -0.4 is 5.32 Å². The molecule has 0 saturated carbocycles. The molecule has 0 aliphatic heterocycles. The van der Waals surface area contributed by atoms with Crippen molar-refractivity contribution in [3.05, 3.63) is 53.5 Å². The van der Waals surface area contributed by atoms with Crippen molar-refractivity contribution in [1.29, 1.82) is 0 Å². The number of benzene rings is 1. The summed E-state index contributed by atoms with van der Waals surface area (Å²) in [4.78, 5) is 11.9. The Morgan fingerprint density at radius 2 is 2.16 bits per heavy atom. The Morgan fingerprint density at radius 3 is 2.84 bits per heavy atom. The predicted molar refractivity (Wildman–Crippen MR) is 68.8 cm³/mol. The van der Waals surface area contributed by atoms with Crippen molar-refractivity contribution in [3.63, 3.8) is 0 Å². The van der Waals surface area contributed by atoms with Crippen LogP contribution in [0, 0.1) is 6.92 Å². The number of aryl methyl sites for hydroxylation is 1. The average Bonchev–Trinajstić information content (AvgIpc) is 2.93. The second kappa shape index (κ2) is 5.58. The van der Waals surface area contributed by atoms with Crippen LogP contribution in [-0.4, -0.2) is 22.7 Å². The van der Waals surface area contributed by atoms with E-state index in [1.54, 1.807) is 31.2 Å². The van der Waals surface area contributed by atoms with Crippen LogP contribution in [0.1, 0.15) is 27.8 Å².